The number of carbonyl (C=O) groups is 2. The van der Waals surface area contributed by atoms with Gasteiger partial charge in [0.2, 0.25) is 0 Å². The van der Waals surface area contributed by atoms with Gasteiger partial charge in [0.1, 0.15) is 6.61 Å². The molecule has 0 aromatic heterocycles. The first-order chi connectivity index (χ1) is 44.8. The molecule has 0 fully saturated rings. The van der Waals surface area contributed by atoms with Gasteiger partial charge in [-0.25, -0.2) is 4.57 Å². The number of unbranched alkanes of at least 4 members (excludes halogenated alkanes) is 23. The van der Waals surface area contributed by atoms with E-state index in [9.17, 15) is 19.0 Å². The second-order valence-corrected chi connectivity index (χ2v) is 24.8. The standard InChI is InChI=1S/C81H132NO8P/c1-3-5-7-9-11-13-15-17-19-21-23-25-27-29-31-33-35-36-37-38-39-40-41-42-44-46-48-50-52-54-56-58-60-62-64-66-68-70-72-74-81(84)90-79(78-89-91(85,86)88-76-75-82)77-87-80(83)73-71-69-67-65-63-61-59-57-55-53-51-49-47-45-43-34-32-30-28-26-24-22-20-18-16-14-12-10-8-6-4-2/h5-8,11-14,17-20,23-26,29,31,35-36,38-39,41-42,46,48,52,54,58,60,79H,3-4,9-10,15-16,21-22,27-28,30,32-34,37,40,43-45,47,49-51,53,55-57,59,61-78,82H2,1-2H3,(H,85,86)/b7-5-,8-6-,13-11-,14-12-,19-17-,20-18-,25-23-,26-24-,31-29-,36-35-,39-38-,42-41-,48-46-,54-52-,60-58-. The molecule has 3 N–H and O–H groups in total. The number of hydrogen-bond donors (Lipinski definition) is 2. The second kappa shape index (κ2) is 74.2. The summed E-state index contributed by atoms with van der Waals surface area (Å²) in [7, 11) is -4.41. The molecule has 0 rings (SSSR count). The minimum absolute atomic E-state index is 0.0418. The number of allylic oxidation sites excluding steroid dienone is 30. The first-order valence-corrected chi connectivity index (χ1v) is 37.8. The molecule has 2 atom stereocenters. The van der Waals surface area contributed by atoms with Crippen LogP contribution in [0.3, 0.4) is 0 Å². The van der Waals surface area contributed by atoms with Gasteiger partial charge < -0.3 is 20.1 Å². The van der Waals surface area contributed by atoms with Crippen molar-refractivity contribution in [2.24, 2.45) is 5.73 Å². The smallest absolute Gasteiger partial charge is 0.462 e. The van der Waals surface area contributed by atoms with Gasteiger partial charge in [0.05, 0.1) is 13.2 Å². The molecule has 514 valence electrons. The fourth-order valence-electron chi connectivity index (χ4n) is 9.52. The highest BCUT2D eigenvalue weighted by Gasteiger charge is 2.26. The Bertz CT molecular complexity index is 2150. The Morgan fingerprint density at radius 2 is 0.571 bits per heavy atom. The predicted molar refractivity (Wildman–Crippen MR) is 394 cm³/mol. The molecule has 0 aliphatic heterocycles. The third-order valence-electron chi connectivity index (χ3n) is 14.8. The van der Waals surface area contributed by atoms with E-state index in [0.29, 0.717) is 6.42 Å². The van der Waals surface area contributed by atoms with Crippen LogP contribution >= 0.6 is 7.82 Å². The summed E-state index contributed by atoms with van der Waals surface area (Å²) in [6.45, 7) is 3.50. The van der Waals surface area contributed by atoms with Gasteiger partial charge in [-0.15, -0.1) is 0 Å². The Balaban J connectivity index is 3.98. The highest BCUT2D eigenvalue weighted by Crippen LogP contribution is 2.43. The SMILES string of the molecule is CC/C=C\C/C=C\C/C=C\C/C=C\C/C=C\C/C=C\C/C=C\C/C=C\C/C=C\C/C=C\C/C=C\CCCCCCCC(=O)OC(COC(=O)CCCCCCCCCCCCCCCCCCCC/C=C\C/C=C\C/C=C\C/C=C\CC)COP(=O)(O)OCCN. The third-order valence-corrected chi connectivity index (χ3v) is 15.8. The molecule has 0 saturated carbocycles. The Labute approximate surface area is 558 Å². The van der Waals surface area contributed by atoms with E-state index in [1.165, 1.54) is 103 Å². The molecule has 0 aromatic carbocycles. The zero-order chi connectivity index (χ0) is 65.8. The average Bonchev–Trinajstić information content (AvgIpc) is 3.71. The van der Waals surface area contributed by atoms with Crippen LogP contribution < -0.4 is 5.73 Å². The van der Waals surface area contributed by atoms with Crippen LogP contribution in [0.15, 0.2) is 182 Å². The van der Waals surface area contributed by atoms with Crippen LogP contribution in [-0.4, -0.2) is 49.3 Å². The van der Waals surface area contributed by atoms with E-state index in [4.69, 9.17) is 24.3 Å². The van der Waals surface area contributed by atoms with Gasteiger partial charge in [0.15, 0.2) is 6.10 Å². The van der Waals surface area contributed by atoms with Crippen molar-refractivity contribution in [1.82, 2.24) is 0 Å². The predicted octanol–water partition coefficient (Wildman–Crippen LogP) is 24.3. The van der Waals surface area contributed by atoms with Crippen LogP contribution in [-0.2, 0) is 32.7 Å². The summed E-state index contributed by atoms with van der Waals surface area (Å²) in [6, 6.07) is 0. The van der Waals surface area contributed by atoms with E-state index in [-0.39, 0.29) is 38.6 Å². The maximum atomic E-state index is 12.8. The number of carbonyl (C=O) groups excluding carboxylic acids is 2. The van der Waals surface area contributed by atoms with Crippen molar-refractivity contribution in [2.75, 3.05) is 26.4 Å². The number of phosphoric acid groups is 1. The van der Waals surface area contributed by atoms with Crippen molar-refractivity contribution in [2.45, 2.75) is 290 Å². The summed E-state index contributed by atoms with van der Waals surface area (Å²) in [5.74, 6) is -0.855. The normalized spacial score (nSPS) is 14.0. The monoisotopic (exact) mass is 1280 g/mol. The maximum Gasteiger partial charge on any atom is 0.472 e. The lowest BCUT2D eigenvalue weighted by molar-refractivity contribution is -0.161. The molecule has 0 heterocycles. The molecular formula is C81H132NO8P. The van der Waals surface area contributed by atoms with Crippen LogP contribution in [0.1, 0.15) is 284 Å². The average molecular weight is 1280 g/mol. The number of esters is 2. The van der Waals surface area contributed by atoms with Gasteiger partial charge in [-0.05, 0) is 135 Å². The molecule has 0 aliphatic carbocycles. The summed E-state index contributed by atoms with van der Waals surface area (Å²) >= 11 is 0. The van der Waals surface area contributed by atoms with E-state index in [2.05, 4.69) is 196 Å². The molecule has 0 aromatic rings. The van der Waals surface area contributed by atoms with E-state index < -0.39 is 26.5 Å². The Morgan fingerprint density at radius 3 is 0.846 bits per heavy atom. The molecule has 9 nitrogen and oxygen atoms in total. The van der Waals surface area contributed by atoms with E-state index in [1.807, 2.05) is 0 Å². The molecule has 0 saturated heterocycles. The summed E-state index contributed by atoms with van der Waals surface area (Å²) in [5, 5.41) is 0. The Kier molecular flexibility index (Phi) is 70.2. The largest absolute Gasteiger partial charge is 0.472 e. The second-order valence-electron chi connectivity index (χ2n) is 23.3. The van der Waals surface area contributed by atoms with Crippen molar-refractivity contribution in [3.8, 4) is 0 Å². The minimum Gasteiger partial charge on any atom is -0.462 e. The van der Waals surface area contributed by atoms with Crippen molar-refractivity contribution in [1.29, 1.82) is 0 Å². The topological polar surface area (TPSA) is 134 Å². The fraction of sp³-hybridized carbons (Fsp3) is 0.605. The summed E-state index contributed by atoms with van der Waals surface area (Å²) in [6.07, 6.45) is 111. The van der Waals surface area contributed by atoms with Crippen molar-refractivity contribution >= 4 is 19.8 Å². The van der Waals surface area contributed by atoms with Crippen LogP contribution in [0.2, 0.25) is 0 Å². The minimum atomic E-state index is -4.41. The van der Waals surface area contributed by atoms with Gasteiger partial charge in [0, 0.05) is 19.4 Å². The first kappa shape index (κ1) is 86.1. The van der Waals surface area contributed by atoms with Gasteiger partial charge in [0.25, 0.3) is 0 Å². The number of phosphoric ester groups is 1. The Hall–Kier alpha value is -4.89. The van der Waals surface area contributed by atoms with Gasteiger partial charge >= 0.3 is 19.8 Å². The van der Waals surface area contributed by atoms with E-state index >= 15 is 0 Å². The highest BCUT2D eigenvalue weighted by molar-refractivity contribution is 7.47. The lowest BCUT2D eigenvalue weighted by Gasteiger charge is -2.19. The molecule has 2 unspecified atom stereocenters. The van der Waals surface area contributed by atoms with Crippen LogP contribution in [0.4, 0.5) is 0 Å². The molecule has 0 amide bonds. The zero-order valence-corrected chi connectivity index (χ0v) is 58.6. The van der Waals surface area contributed by atoms with Gasteiger partial charge in [-0.2, -0.15) is 0 Å². The zero-order valence-electron chi connectivity index (χ0n) is 57.8. The molecule has 0 spiro atoms. The number of hydrogen-bond acceptors (Lipinski definition) is 8. The molecular weight excluding hydrogens is 1150 g/mol. The van der Waals surface area contributed by atoms with Gasteiger partial charge in [-0.1, -0.05) is 318 Å². The number of ether oxygens (including phenoxy) is 2. The Morgan fingerprint density at radius 1 is 0.330 bits per heavy atom. The van der Waals surface area contributed by atoms with Crippen LogP contribution in [0.5, 0.6) is 0 Å². The number of rotatable bonds is 66. The number of nitrogens with two attached hydrogens (primary N) is 1. The lowest BCUT2D eigenvalue weighted by Crippen LogP contribution is -2.29. The summed E-state index contributed by atoms with van der Waals surface area (Å²) in [5.41, 5.74) is 5.40. The van der Waals surface area contributed by atoms with Crippen molar-refractivity contribution in [3.05, 3.63) is 182 Å². The third kappa shape index (κ3) is 74.0. The van der Waals surface area contributed by atoms with E-state index in [1.54, 1.807) is 0 Å². The molecule has 91 heavy (non-hydrogen) atoms. The van der Waals surface area contributed by atoms with Crippen LogP contribution in [0.25, 0.3) is 0 Å². The molecule has 0 radical (unpaired) electrons. The van der Waals surface area contributed by atoms with Crippen molar-refractivity contribution < 1.29 is 37.6 Å². The molecule has 0 aliphatic rings. The first-order valence-electron chi connectivity index (χ1n) is 36.3. The molecule has 0 bridgehead atoms. The van der Waals surface area contributed by atoms with Crippen LogP contribution in [0, 0.1) is 0 Å². The fourth-order valence-corrected chi connectivity index (χ4v) is 10.3. The van der Waals surface area contributed by atoms with Gasteiger partial charge in [-0.3, -0.25) is 18.6 Å². The van der Waals surface area contributed by atoms with Crippen molar-refractivity contribution in [3.63, 3.8) is 0 Å². The van der Waals surface area contributed by atoms with E-state index in [0.717, 1.165) is 148 Å². The molecule has 10 heteroatoms. The quantitative estimate of drug-likeness (QED) is 0.0264. The summed E-state index contributed by atoms with van der Waals surface area (Å²) in [4.78, 5) is 35.4. The lowest BCUT2D eigenvalue weighted by atomic mass is 10.0. The summed E-state index contributed by atoms with van der Waals surface area (Å²) < 4.78 is 33.2. The maximum absolute atomic E-state index is 12.8. The highest BCUT2D eigenvalue weighted by atomic mass is 31.2.